The van der Waals surface area contributed by atoms with Crippen molar-refractivity contribution in [1.29, 1.82) is 0 Å². The second kappa shape index (κ2) is 9.11. The lowest BCUT2D eigenvalue weighted by Crippen LogP contribution is -2.38. The highest BCUT2D eigenvalue weighted by Gasteiger charge is 2.25. The van der Waals surface area contributed by atoms with Gasteiger partial charge in [-0.2, -0.15) is 0 Å². The molecule has 0 saturated carbocycles. The minimum atomic E-state index is -3.72. The molecular weight excluding hydrogens is 409 g/mol. The molecule has 0 aromatic heterocycles. The number of carbonyl (C=O) groups is 1. The third-order valence-corrected chi connectivity index (χ3v) is 6.87. The van der Waals surface area contributed by atoms with E-state index in [1.807, 2.05) is 4.90 Å². The molecule has 1 amide bonds. The first-order valence-corrected chi connectivity index (χ1v) is 11.1. The summed E-state index contributed by atoms with van der Waals surface area (Å²) in [4.78, 5) is 15.2. The maximum absolute atomic E-state index is 14.1. The Morgan fingerprint density at radius 1 is 1.17 bits per heavy atom. The van der Waals surface area contributed by atoms with Gasteiger partial charge in [0.25, 0.3) is 5.91 Å². The zero-order chi connectivity index (χ0) is 21.9. The van der Waals surface area contributed by atoms with Gasteiger partial charge >= 0.3 is 0 Å². The zero-order valence-electron chi connectivity index (χ0n) is 17.3. The van der Waals surface area contributed by atoms with E-state index < -0.39 is 27.8 Å². The number of hydrogen-bond acceptors (Lipinski definition) is 5. The fourth-order valence-corrected chi connectivity index (χ4v) is 4.26. The Kier molecular flexibility index (Phi) is 6.74. The van der Waals surface area contributed by atoms with Crippen LogP contribution in [0.4, 0.5) is 10.1 Å². The number of ether oxygens (including phenoxy) is 1. The van der Waals surface area contributed by atoms with Crippen LogP contribution in [0.3, 0.4) is 0 Å². The monoisotopic (exact) mass is 435 g/mol. The molecule has 0 aliphatic carbocycles. The molecule has 0 spiro atoms. The molecule has 2 aromatic rings. The van der Waals surface area contributed by atoms with E-state index in [2.05, 4.69) is 5.32 Å². The van der Waals surface area contributed by atoms with Gasteiger partial charge in [-0.1, -0.05) is 18.2 Å². The summed E-state index contributed by atoms with van der Waals surface area (Å²) in [5.74, 6) is -0.884. The van der Waals surface area contributed by atoms with Crippen molar-refractivity contribution in [3.05, 3.63) is 59.4 Å². The molecule has 0 radical (unpaired) electrons. The average Bonchev–Trinajstić information content (AvgIpc) is 2.74. The highest BCUT2D eigenvalue weighted by molar-refractivity contribution is 7.89. The van der Waals surface area contributed by atoms with Crippen molar-refractivity contribution in [2.75, 3.05) is 45.3 Å². The average molecular weight is 436 g/mol. The smallest absolute Gasteiger partial charge is 0.253 e. The van der Waals surface area contributed by atoms with E-state index in [1.54, 1.807) is 31.2 Å². The van der Waals surface area contributed by atoms with Gasteiger partial charge in [0.2, 0.25) is 10.0 Å². The molecule has 1 N–H and O–H groups in total. The summed E-state index contributed by atoms with van der Waals surface area (Å²) in [6, 6.07) is 10.2. The number of rotatable bonds is 6. The standard InChI is InChI=1S/C21H26FN3O4S/c1-15(17-6-4-5-7-19(17)22)23-21(26)18-14-16(30(27,28)24(2)3)8-9-20(18)25-10-12-29-13-11-25/h4-9,14-15H,10-13H2,1-3H3,(H,23,26). The highest BCUT2D eigenvalue weighted by Crippen LogP contribution is 2.27. The van der Waals surface area contributed by atoms with Gasteiger partial charge in [0.1, 0.15) is 5.82 Å². The lowest BCUT2D eigenvalue weighted by molar-refractivity contribution is 0.0937. The molecule has 1 heterocycles. The Morgan fingerprint density at radius 3 is 2.47 bits per heavy atom. The molecule has 162 valence electrons. The molecule has 30 heavy (non-hydrogen) atoms. The molecule has 3 rings (SSSR count). The highest BCUT2D eigenvalue weighted by atomic mass is 32.2. The van der Waals surface area contributed by atoms with Crippen molar-refractivity contribution < 1.29 is 22.3 Å². The molecule has 1 aliphatic rings. The van der Waals surface area contributed by atoms with Crippen molar-refractivity contribution in [3.8, 4) is 0 Å². The van der Waals surface area contributed by atoms with Crippen molar-refractivity contribution in [2.45, 2.75) is 17.9 Å². The van der Waals surface area contributed by atoms with Crippen molar-refractivity contribution in [2.24, 2.45) is 0 Å². The molecule has 2 aromatic carbocycles. The molecule has 9 heteroatoms. The number of sulfonamides is 1. The van der Waals surface area contributed by atoms with Crippen LogP contribution in [0.1, 0.15) is 28.9 Å². The lowest BCUT2D eigenvalue weighted by Gasteiger charge is -2.31. The van der Waals surface area contributed by atoms with Gasteiger partial charge in [-0.05, 0) is 31.2 Å². The van der Waals surface area contributed by atoms with Crippen LogP contribution in [0, 0.1) is 5.82 Å². The van der Waals surface area contributed by atoms with Crippen LogP contribution >= 0.6 is 0 Å². The normalized spacial score (nSPS) is 15.8. The van der Waals surface area contributed by atoms with Crippen LogP contribution in [-0.4, -0.2) is 59.0 Å². The molecule has 1 unspecified atom stereocenters. The summed E-state index contributed by atoms with van der Waals surface area (Å²) in [7, 11) is -0.846. The van der Waals surface area contributed by atoms with Gasteiger partial charge in [0, 0.05) is 38.4 Å². The van der Waals surface area contributed by atoms with Crippen molar-refractivity contribution >= 4 is 21.6 Å². The summed E-state index contributed by atoms with van der Waals surface area (Å²) in [6.07, 6.45) is 0. The van der Waals surface area contributed by atoms with E-state index in [0.717, 1.165) is 4.31 Å². The van der Waals surface area contributed by atoms with Gasteiger partial charge < -0.3 is 15.0 Å². The molecule has 1 atom stereocenters. The first-order valence-electron chi connectivity index (χ1n) is 9.66. The van der Waals surface area contributed by atoms with Gasteiger partial charge in [-0.15, -0.1) is 0 Å². The maximum atomic E-state index is 14.1. The summed E-state index contributed by atoms with van der Waals surface area (Å²) in [6.45, 7) is 3.89. The Balaban J connectivity index is 1.98. The van der Waals surface area contributed by atoms with Crippen LogP contribution in [0.25, 0.3) is 0 Å². The third-order valence-electron chi connectivity index (χ3n) is 5.06. The third kappa shape index (κ3) is 4.63. The molecule has 0 bridgehead atoms. The van der Waals surface area contributed by atoms with Gasteiger partial charge in [-0.25, -0.2) is 17.1 Å². The summed E-state index contributed by atoms with van der Waals surface area (Å²) >= 11 is 0. The quantitative estimate of drug-likeness (QED) is 0.754. The maximum Gasteiger partial charge on any atom is 0.253 e. The van der Waals surface area contributed by atoms with E-state index in [-0.39, 0.29) is 10.5 Å². The van der Waals surface area contributed by atoms with Gasteiger partial charge in [-0.3, -0.25) is 4.79 Å². The Labute approximate surface area is 176 Å². The van der Waals surface area contributed by atoms with Crippen molar-refractivity contribution in [1.82, 2.24) is 9.62 Å². The Bertz CT molecular complexity index is 1020. The van der Waals surface area contributed by atoms with E-state index in [9.17, 15) is 17.6 Å². The van der Waals surface area contributed by atoms with E-state index >= 15 is 0 Å². The van der Waals surface area contributed by atoms with Crippen LogP contribution in [-0.2, 0) is 14.8 Å². The number of amides is 1. The number of nitrogens with one attached hydrogen (secondary N) is 1. The van der Waals surface area contributed by atoms with E-state index in [0.29, 0.717) is 37.6 Å². The molecule has 1 aliphatic heterocycles. The number of morpholine rings is 1. The largest absolute Gasteiger partial charge is 0.378 e. The predicted molar refractivity (Wildman–Crippen MR) is 113 cm³/mol. The SMILES string of the molecule is CC(NC(=O)c1cc(S(=O)(=O)N(C)C)ccc1N1CCOCC1)c1ccccc1F. The van der Waals surface area contributed by atoms with Crippen LogP contribution in [0.2, 0.25) is 0 Å². The van der Waals surface area contributed by atoms with Crippen LogP contribution in [0.5, 0.6) is 0 Å². The molecular formula is C21H26FN3O4S. The predicted octanol–water partition coefficient (Wildman–Crippen LogP) is 2.40. The number of hydrogen-bond donors (Lipinski definition) is 1. The first kappa shape index (κ1) is 22.2. The summed E-state index contributed by atoms with van der Waals surface area (Å²) < 4.78 is 45.8. The molecule has 1 saturated heterocycles. The second-order valence-electron chi connectivity index (χ2n) is 7.28. The minimum Gasteiger partial charge on any atom is -0.378 e. The van der Waals surface area contributed by atoms with Crippen LogP contribution in [0.15, 0.2) is 47.4 Å². The first-order chi connectivity index (χ1) is 14.2. The number of halogens is 1. The minimum absolute atomic E-state index is 0.0215. The Morgan fingerprint density at radius 2 is 1.83 bits per heavy atom. The number of carbonyl (C=O) groups excluding carboxylic acids is 1. The number of nitrogens with zero attached hydrogens (tertiary/aromatic N) is 2. The lowest BCUT2D eigenvalue weighted by atomic mass is 10.1. The fourth-order valence-electron chi connectivity index (χ4n) is 3.33. The number of anilines is 1. The number of benzene rings is 2. The molecule has 7 nitrogen and oxygen atoms in total. The van der Waals surface area contributed by atoms with E-state index in [4.69, 9.17) is 4.74 Å². The second-order valence-corrected chi connectivity index (χ2v) is 9.43. The fraction of sp³-hybridized carbons (Fsp3) is 0.381. The topological polar surface area (TPSA) is 79.0 Å². The van der Waals surface area contributed by atoms with E-state index in [1.165, 1.54) is 32.3 Å². The van der Waals surface area contributed by atoms with Gasteiger partial charge in [0.05, 0.1) is 29.7 Å². The van der Waals surface area contributed by atoms with Gasteiger partial charge in [0.15, 0.2) is 0 Å². The van der Waals surface area contributed by atoms with Crippen LogP contribution < -0.4 is 10.2 Å². The molecule has 1 fully saturated rings. The summed E-state index contributed by atoms with van der Waals surface area (Å²) in [5.41, 5.74) is 1.20. The van der Waals surface area contributed by atoms with Crippen molar-refractivity contribution in [3.63, 3.8) is 0 Å². The zero-order valence-corrected chi connectivity index (χ0v) is 18.1. The summed E-state index contributed by atoms with van der Waals surface area (Å²) in [5, 5.41) is 2.80. The Hall–Kier alpha value is -2.49.